The molecule has 2 aliphatic heterocycles. The molecule has 1 unspecified atom stereocenters. The van der Waals surface area contributed by atoms with Crippen molar-refractivity contribution in [3.8, 4) is 11.5 Å². The third kappa shape index (κ3) is 3.56. The number of rotatable bonds is 6. The van der Waals surface area contributed by atoms with E-state index >= 15 is 0 Å². The zero-order valence-corrected chi connectivity index (χ0v) is 17.6. The number of methoxy groups -OCH3 is 2. The Bertz CT molecular complexity index is 975. The van der Waals surface area contributed by atoms with Crippen molar-refractivity contribution in [3.05, 3.63) is 53.1 Å². The Balaban J connectivity index is 1.42. The molecule has 4 rings (SSSR count). The average Bonchev–Trinajstić information content (AvgIpc) is 3.27. The molecule has 0 spiro atoms. The van der Waals surface area contributed by atoms with E-state index in [1.807, 2.05) is 36.2 Å². The molecule has 2 aromatic rings. The van der Waals surface area contributed by atoms with E-state index in [9.17, 15) is 9.59 Å². The molecule has 1 fully saturated rings. The van der Waals surface area contributed by atoms with Gasteiger partial charge in [-0.25, -0.2) is 0 Å². The summed E-state index contributed by atoms with van der Waals surface area (Å²) in [5.74, 6) is 1.27. The van der Waals surface area contributed by atoms with E-state index < -0.39 is 0 Å². The zero-order valence-electron chi connectivity index (χ0n) is 17.6. The van der Waals surface area contributed by atoms with Gasteiger partial charge in [-0.1, -0.05) is 6.07 Å². The molecule has 0 radical (unpaired) electrons. The Morgan fingerprint density at radius 2 is 1.93 bits per heavy atom. The third-order valence-corrected chi connectivity index (χ3v) is 5.95. The number of carbonyl (C=O) groups excluding carboxylic acids is 2. The highest BCUT2D eigenvalue weighted by atomic mass is 16.5. The van der Waals surface area contributed by atoms with Crippen LogP contribution < -0.4 is 19.7 Å². The lowest BCUT2D eigenvalue weighted by molar-refractivity contribution is 0.0719. The first kappa shape index (κ1) is 20.1. The minimum absolute atomic E-state index is 0.0611. The molecule has 0 aliphatic carbocycles. The lowest BCUT2D eigenvalue weighted by Crippen LogP contribution is -2.50. The summed E-state index contributed by atoms with van der Waals surface area (Å²) in [7, 11) is 5.20. The van der Waals surface area contributed by atoms with Crippen molar-refractivity contribution in [3.63, 3.8) is 0 Å². The molecule has 2 aromatic carbocycles. The normalized spacial score (nSPS) is 17.4. The van der Waals surface area contributed by atoms with Gasteiger partial charge in [-0.3, -0.25) is 9.59 Å². The lowest BCUT2D eigenvalue weighted by Gasteiger charge is -2.40. The molecule has 158 valence electrons. The highest BCUT2D eigenvalue weighted by Gasteiger charge is 2.38. The molecule has 7 heteroatoms. The molecule has 1 N–H and O–H groups in total. The molecule has 1 atom stereocenters. The minimum atomic E-state index is -0.145. The van der Waals surface area contributed by atoms with Crippen molar-refractivity contribution in [1.29, 1.82) is 0 Å². The fourth-order valence-electron chi connectivity index (χ4n) is 4.31. The molecule has 7 nitrogen and oxygen atoms in total. The van der Waals surface area contributed by atoms with Gasteiger partial charge in [0.2, 0.25) is 0 Å². The molecule has 0 aromatic heterocycles. The van der Waals surface area contributed by atoms with Gasteiger partial charge in [-0.15, -0.1) is 0 Å². The first-order chi connectivity index (χ1) is 14.5. The molecular weight excluding hydrogens is 382 g/mol. The van der Waals surface area contributed by atoms with Gasteiger partial charge in [0.05, 0.1) is 25.5 Å². The summed E-state index contributed by atoms with van der Waals surface area (Å²) in [6, 6.07) is 11.1. The molecule has 30 heavy (non-hydrogen) atoms. The average molecular weight is 409 g/mol. The monoisotopic (exact) mass is 409 g/mol. The number of benzene rings is 2. The number of nitrogens with one attached hydrogen (secondary N) is 1. The number of nitrogens with zero attached hydrogens (tertiary/aromatic N) is 2. The van der Waals surface area contributed by atoms with Gasteiger partial charge in [-0.05, 0) is 55.2 Å². The quantitative estimate of drug-likeness (QED) is 0.794. The van der Waals surface area contributed by atoms with Crippen LogP contribution in [0, 0.1) is 0 Å². The topological polar surface area (TPSA) is 71.1 Å². The van der Waals surface area contributed by atoms with Crippen LogP contribution in [0.15, 0.2) is 36.4 Å². The predicted molar refractivity (Wildman–Crippen MR) is 114 cm³/mol. The number of hydrogen-bond donors (Lipinski definition) is 1. The van der Waals surface area contributed by atoms with Gasteiger partial charge in [-0.2, -0.15) is 0 Å². The highest BCUT2D eigenvalue weighted by Crippen LogP contribution is 2.35. The van der Waals surface area contributed by atoms with Crippen molar-refractivity contribution in [2.45, 2.75) is 25.4 Å². The predicted octanol–water partition coefficient (Wildman–Crippen LogP) is 2.69. The molecule has 2 aliphatic rings. The van der Waals surface area contributed by atoms with Gasteiger partial charge < -0.3 is 24.6 Å². The molecule has 1 saturated heterocycles. The molecule has 2 heterocycles. The number of amides is 2. The summed E-state index contributed by atoms with van der Waals surface area (Å²) in [5.41, 5.74) is 3.10. The van der Waals surface area contributed by atoms with Gasteiger partial charge >= 0.3 is 0 Å². The van der Waals surface area contributed by atoms with E-state index in [4.69, 9.17) is 9.47 Å². The number of ether oxygens (including phenoxy) is 2. The van der Waals surface area contributed by atoms with Gasteiger partial charge in [0.15, 0.2) is 11.5 Å². The fourth-order valence-corrected chi connectivity index (χ4v) is 4.31. The van der Waals surface area contributed by atoms with Gasteiger partial charge in [0.1, 0.15) is 6.17 Å². The SMILES string of the molecule is COc1ccc(CCNC(=O)c2ccc3c(c2)N(C)C2CCCN2C3=O)cc1OC. The Kier molecular flexibility index (Phi) is 5.53. The zero-order chi connectivity index (χ0) is 21.3. The second-order valence-electron chi connectivity index (χ2n) is 7.66. The van der Waals surface area contributed by atoms with Crippen LogP contribution in [0.4, 0.5) is 5.69 Å². The maximum Gasteiger partial charge on any atom is 0.257 e. The Labute approximate surface area is 176 Å². The smallest absolute Gasteiger partial charge is 0.257 e. The molecular formula is C23H27N3O4. The van der Waals surface area contributed by atoms with Crippen molar-refractivity contribution in [2.75, 3.05) is 39.3 Å². The fraction of sp³-hybridized carbons (Fsp3) is 0.391. The van der Waals surface area contributed by atoms with Crippen LogP contribution in [-0.4, -0.2) is 57.2 Å². The first-order valence-electron chi connectivity index (χ1n) is 10.2. The van der Waals surface area contributed by atoms with Crippen LogP contribution in [0.5, 0.6) is 11.5 Å². The Hall–Kier alpha value is -3.22. The molecule has 0 saturated carbocycles. The maximum absolute atomic E-state index is 12.7. The van der Waals surface area contributed by atoms with Crippen LogP contribution >= 0.6 is 0 Å². The van der Waals surface area contributed by atoms with E-state index in [0.29, 0.717) is 35.6 Å². The first-order valence-corrected chi connectivity index (χ1v) is 10.2. The summed E-state index contributed by atoms with van der Waals surface area (Å²) in [4.78, 5) is 29.5. The largest absolute Gasteiger partial charge is 0.493 e. The van der Waals surface area contributed by atoms with Crippen molar-refractivity contribution < 1.29 is 19.1 Å². The number of hydrogen-bond acceptors (Lipinski definition) is 5. The summed E-state index contributed by atoms with van der Waals surface area (Å²) < 4.78 is 10.6. The number of anilines is 1. The van der Waals surface area contributed by atoms with Crippen LogP contribution in [0.1, 0.15) is 39.1 Å². The Morgan fingerprint density at radius 3 is 2.70 bits per heavy atom. The summed E-state index contributed by atoms with van der Waals surface area (Å²) in [6.07, 6.45) is 2.74. The van der Waals surface area contributed by atoms with Crippen molar-refractivity contribution >= 4 is 17.5 Å². The summed E-state index contributed by atoms with van der Waals surface area (Å²) >= 11 is 0. The van der Waals surface area contributed by atoms with E-state index in [1.165, 1.54) is 0 Å². The second kappa shape index (κ2) is 8.26. The second-order valence-corrected chi connectivity index (χ2v) is 7.66. The maximum atomic E-state index is 12.7. The van der Waals surface area contributed by atoms with Crippen molar-refractivity contribution in [1.82, 2.24) is 10.2 Å². The number of fused-ring (bicyclic) bond motifs is 2. The van der Waals surface area contributed by atoms with Gasteiger partial charge in [0.25, 0.3) is 11.8 Å². The molecule has 0 bridgehead atoms. The highest BCUT2D eigenvalue weighted by molar-refractivity contribution is 6.04. The summed E-state index contributed by atoms with van der Waals surface area (Å²) in [5, 5.41) is 2.97. The standard InChI is InChI=1S/C23H27N3O4/c1-25-18-14-16(7-8-17(18)23(28)26-12-4-5-21(25)26)22(27)24-11-10-15-6-9-19(29-2)20(13-15)30-3/h6-9,13-14,21H,4-5,10-12H2,1-3H3,(H,24,27). The van der Waals surface area contributed by atoms with Crippen molar-refractivity contribution in [2.24, 2.45) is 0 Å². The van der Waals surface area contributed by atoms with Crippen LogP contribution in [0.2, 0.25) is 0 Å². The van der Waals surface area contributed by atoms with Crippen LogP contribution in [0.3, 0.4) is 0 Å². The van der Waals surface area contributed by atoms with Crippen LogP contribution in [0.25, 0.3) is 0 Å². The summed E-state index contributed by atoms with van der Waals surface area (Å²) in [6.45, 7) is 1.29. The Morgan fingerprint density at radius 1 is 1.13 bits per heavy atom. The van der Waals surface area contributed by atoms with E-state index in [0.717, 1.165) is 30.6 Å². The van der Waals surface area contributed by atoms with E-state index in [2.05, 4.69) is 10.2 Å². The van der Waals surface area contributed by atoms with E-state index in [-0.39, 0.29) is 18.0 Å². The lowest BCUT2D eigenvalue weighted by atomic mass is 10.0. The number of carbonyl (C=O) groups is 2. The van der Waals surface area contributed by atoms with Gasteiger partial charge in [0, 0.05) is 25.7 Å². The third-order valence-electron chi connectivity index (χ3n) is 5.95. The van der Waals surface area contributed by atoms with Crippen LogP contribution in [-0.2, 0) is 6.42 Å². The van der Waals surface area contributed by atoms with E-state index in [1.54, 1.807) is 26.4 Å². The molecule has 2 amide bonds. The minimum Gasteiger partial charge on any atom is -0.493 e.